The van der Waals surface area contributed by atoms with Gasteiger partial charge >= 0.3 is 12.1 Å². The number of halogens is 5. The van der Waals surface area contributed by atoms with E-state index in [1.54, 1.807) is 0 Å². The Bertz CT molecular complexity index is 484. The number of benzene rings is 1. The third-order valence-electron chi connectivity index (χ3n) is 3.66. The SMILES string of the molecule is CCCCOc1ccc(C(C)(CC(F)(F)C(F)(F)F)OC)cc1. The molecule has 1 rings (SSSR count). The van der Waals surface area contributed by atoms with Crippen molar-refractivity contribution in [3.05, 3.63) is 29.8 Å². The maximum Gasteiger partial charge on any atom is 0.453 e. The topological polar surface area (TPSA) is 18.5 Å². The molecule has 0 N–H and O–H groups in total. The van der Waals surface area contributed by atoms with Crippen LogP contribution < -0.4 is 4.74 Å². The van der Waals surface area contributed by atoms with Crippen molar-refractivity contribution in [3.63, 3.8) is 0 Å². The van der Waals surface area contributed by atoms with Gasteiger partial charge in [-0.1, -0.05) is 25.5 Å². The molecule has 2 nitrogen and oxygen atoms in total. The summed E-state index contributed by atoms with van der Waals surface area (Å²) >= 11 is 0. The van der Waals surface area contributed by atoms with E-state index in [2.05, 4.69) is 0 Å². The second-order valence-corrected chi connectivity index (χ2v) is 5.54. The van der Waals surface area contributed by atoms with Crippen molar-refractivity contribution < 1.29 is 31.4 Å². The second kappa shape index (κ2) is 7.47. The van der Waals surface area contributed by atoms with Crippen molar-refractivity contribution >= 4 is 0 Å². The van der Waals surface area contributed by atoms with Crippen LogP contribution in [0.4, 0.5) is 22.0 Å². The Morgan fingerprint density at radius 2 is 1.57 bits per heavy atom. The quantitative estimate of drug-likeness (QED) is 0.471. The maximum absolute atomic E-state index is 13.4. The zero-order valence-electron chi connectivity index (χ0n) is 13.3. The first-order valence-corrected chi connectivity index (χ1v) is 7.29. The van der Waals surface area contributed by atoms with E-state index >= 15 is 0 Å². The molecule has 0 saturated carbocycles. The maximum atomic E-state index is 13.4. The van der Waals surface area contributed by atoms with Crippen LogP contribution in [0.2, 0.25) is 0 Å². The minimum absolute atomic E-state index is 0.228. The van der Waals surface area contributed by atoms with Gasteiger partial charge in [-0.15, -0.1) is 0 Å². The lowest BCUT2D eigenvalue weighted by atomic mass is 9.89. The molecule has 7 heteroatoms. The Morgan fingerprint density at radius 1 is 1.00 bits per heavy atom. The summed E-state index contributed by atoms with van der Waals surface area (Å²) in [5.41, 5.74) is -1.53. The summed E-state index contributed by atoms with van der Waals surface area (Å²) in [7, 11) is 1.11. The van der Waals surface area contributed by atoms with Gasteiger partial charge in [0.25, 0.3) is 0 Å². The molecule has 0 aromatic heterocycles. The van der Waals surface area contributed by atoms with Crippen LogP contribution in [0.15, 0.2) is 24.3 Å². The Hall–Kier alpha value is -1.37. The van der Waals surface area contributed by atoms with Crippen LogP contribution in [-0.2, 0) is 10.3 Å². The molecule has 132 valence electrons. The van der Waals surface area contributed by atoms with Gasteiger partial charge in [0, 0.05) is 7.11 Å². The standard InChI is InChI=1S/C16H21F5O2/c1-4-5-10-23-13-8-6-12(7-9-13)14(2,22-3)11-15(17,18)16(19,20)21/h6-9H,4-5,10-11H2,1-3H3. The highest BCUT2D eigenvalue weighted by Gasteiger charge is 2.60. The third kappa shape index (κ3) is 5.06. The summed E-state index contributed by atoms with van der Waals surface area (Å²) < 4.78 is 74.4. The van der Waals surface area contributed by atoms with E-state index < -0.39 is 24.1 Å². The monoisotopic (exact) mass is 340 g/mol. The molecule has 0 aliphatic heterocycles. The molecular formula is C16H21F5O2. The van der Waals surface area contributed by atoms with E-state index in [1.165, 1.54) is 31.2 Å². The average Bonchev–Trinajstić information content (AvgIpc) is 2.46. The van der Waals surface area contributed by atoms with Crippen molar-refractivity contribution in [1.29, 1.82) is 0 Å². The molecule has 0 bridgehead atoms. The fraction of sp³-hybridized carbons (Fsp3) is 0.625. The van der Waals surface area contributed by atoms with Crippen molar-refractivity contribution in [2.45, 2.75) is 50.8 Å². The molecule has 0 fully saturated rings. The van der Waals surface area contributed by atoms with E-state index in [4.69, 9.17) is 9.47 Å². The smallest absolute Gasteiger partial charge is 0.453 e. The molecule has 0 heterocycles. The highest BCUT2D eigenvalue weighted by molar-refractivity contribution is 5.31. The zero-order chi connectivity index (χ0) is 17.7. The van der Waals surface area contributed by atoms with E-state index in [0.29, 0.717) is 12.4 Å². The van der Waals surface area contributed by atoms with E-state index in [0.717, 1.165) is 20.0 Å². The zero-order valence-corrected chi connectivity index (χ0v) is 13.3. The Kier molecular flexibility index (Phi) is 6.39. The Labute approximate surface area is 132 Å². The van der Waals surface area contributed by atoms with Crippen LogP contribution in [-0.4, -0.2) is 25.8 Å². The van der Waals surface area contributed by atoms with Crippen LogP contribution in [0.3, 0.4) is 0 Å². The Morgan fingerprint density at radius 3 is 2.00 bits per heavy atom. The first-order valence-electron chi connectivity index (χ1n) is 7.29. The summed E-state index contributed by atoms with van der Waals surface area (Å²) in [5, 5.41) is 0. The first kappa shape index (κ1) is 19.7. The molecule has 0 radical (unpaired) electrons. The summed E-state index contributed by atoms with van der Waals surface area (Å²) in [4.78, 5) is 0. The molecule has 1 aromatic carbocycles. The van der Waals surface area contributed by atoms with Crippen molar-refractivity contribution in [1.82, 2.24) is 0 Å². The molecule has 0 aliphatic rings. The highest BCUT2D eigenvalue weighted by Crippen LogP contribution is 2.45. The highest BCUT2D eigenvalue weighted by atomic mass is 19.4. The third-order valence-corrected chi connectivity index (χ3v) is 3.66. The summed E-state index contributed by atoms with van der Waals surface area (Å²) in [6, 6.07) is 5.95. The van der Waals surface area contributed by atoms with Gasteiger partial charge in [0.1, 0.15) is 5.75 Å². The molecule has 0 amide bonds. The largest absolute Gasteiger partial charge is 0.494 e. The lowest BCUT2D eigenvalue weighted by molar-refractivity contribution is -0.298. The number of rotatable bonds is 8. The van der Waals surface area contributed by atoms with Crippen LogP contribution in [0.5, 0.6) is 5.75 Å². The van der Waals surface area contributed by atoms with Gasteiger partial charge in [0.15, 0.2) is 0 Å². The molecule has 1 atom stereocenters. The molecule has 0 spiro atoms. The van der Waals surface area contributed by atoms with Gasteiger partial charge in [-0.2, -0.15) is 22.0 Å². The molecular weight excluding hydrogens is 319 g/mol. The normalized spacial score (nSPS) is 15.3. The fourth-order valence-corrected chi connectivity index (χ4v) is 2.05. The van der Waals surface area contributed by atoms with E-state index in [1.807, 2.05) is 6.92 Å². The van der Waals surface area contributed by atoms with Crippen LogP contribution in [0.1, 0.15) is 38.7 Å². The van der Waals surface area contributed by atoms with Crippen molar-refractivity contribution in [2.75, 3.05) is 13.7 Å². The van der Waals surface area contributed by atoms with Crippen LogP contribution in [0, 0.1) is 0 Å². The molecule has 0 aliphatic carbocycles. The molecule has 23 heavy (non-hydrogen) atoms. The van der Waals surface area contributed by atoms with Crippen molar-refractivity contribution in [2.24, 2.45) is 0 Å². The van der Waals surface area contributed by atoms with Crippen LogP contribution >= 0.6 is 0 Å². The number of alkyl halides is 5. The van der Waals surface area contributed by atoms with E-state index in [9.17, 15) is 22.0 Å². The second-order valence-electron chi connectivity index (χ2n) is 5.54. The van der Waals surface area contributed by atoms with Gasteiger partial charge in [-0.05, 0) is 31.0 Å². The first-order chi connectivity index (χ1) is 10.6. The fourth-order valence-electron chi connectivity index (χ4n) is 2.05. The predicted octanol–water partition coefficient (Wildman–Crippen LogP) is 5.31. The van der Waals surface area contributed by atoms with Gasteiger partial charge < -0.3 is 9.47 Å². The number of hydrogen-bond acceptors (Lipinski definition) is 2. The number of unbranched alkanes of at least 4 members (excludes halogenated alkanes) is 1. The minimum atomic E-state index is -5.62. The van der Waals surface area contributed by atoms with E-state index in [-0.39, 0.29) is 5.56 Å². The Balaban J connectivity index is 2.91. The van der Waals surface area contributed by atoms with Crippen molar-refractivity contribution in [3.8, 4) is 5.75 Å². The predicted molar refractivity (Wildman–Crippen MR) is 76.8 cm³/mol. The summed E-state index contributed by atoms with van der Waals surface area (Å²) in [5.74, 6) is -4.31. The minimum Gasteiger partial charge on any atom is -0.494 e. The van der Waals surface area contributed by atoms with Gasteiger partial charge in [-0.3, -0.25) is 0 Å². The summed E-state index contributed by atoms with van der Waals surface area (Å²) in [6.45, 7) is 3.74. The summed E-state index contributed by atoms with van der Waals surface area (Å²) in [6.07, 6.45) is -5.27. The van der Waals surface area contributed by atoms with Gasteiger partial charge in [0.05, 0.1) is 18.6 Å². The van der Waals surface area contributed by atoms with Crippen LogP contribution in [0.25, 0.3) is 0 Å². The molecule has 0 saturated heterocycles. The van der Waals surface area contributed by atoms with Gasteiger partial charge in [0.2, 0.25) is 0 Å². The number of ether oxygens (including phenoxy) is 2. The van der Waals surface area contributed by atoms with Gasteiger partial charge in [-0.25, -0.2) is 0 Å². The number of methoxy groups -OCH3 is 1. The average molecular weight is 340 g/mol. The molecule has 1 unspecified atom stereocenters. The lowest BCUT2D eigenvalue weighted by Gasteiger charge is -2.33. The lowest BCUT2D eigenvalue weighted by Crippen LogP contribution is -2.43. The number of hydrogen-bond donors (Lipinski definition) is 0. The molecule has 1 aromatic rings.